The first-order valence-electron chi connectivity index (χ1n) is 8.88. The number of nitrogens with two attached hydrogens (primary N) is 1. The highest BCUT2D eigenvalue weighted by Gasteiger charge is 2.02. The predicted molar refractivity (Wildman–Crippen MR) is 102 cm³/mol. The second-order valence-electron chi connectivity index (χ2n) is 6.33. The quantitative estimate of drug-likeness (QED) is 0.348. The van der Waals surface area contributed by atoms with E-state index in [0.717, 1.165) is 42.8 Å². The zero-order valence-electron chi connectivity index (χ0n) is 14.9. The van der Waals surface area contributed by atoms with Crippen LogP contribution in [0.2, 0.25) is 0 Å². The number of nitrogens with zero attached hydrogens (tertiary/aromatic N) is 2. The van der Waals surface area contributed by atoms with Gasteiger partial charge in [0.2, 0.25) is 0 Å². The van der Waals surface area contributed by atoms with Crippen molar-refractivity contribution in [2.45, 2.75) is 51.9 Å². The van der Waals surface area contributed by atoms with Crippen molar-refractivity contribution in [1.82, 2.24) is 9.97 Å². The number of nitrogens with one attached hydrogen (secondary N) is 2. The Balaban J connectivity index is 1.62. The third-order valence-electron chi connectivity index (χ3n) is 4.14. The van der Waals surface area contributed by atoms with Gasteiger partial charge >= 0.3 is 0 Å². The van der Waals surface area contributed by atoms with Crippen LogP contribution in [-0.4, -0.2) is 21.5 Å². The topological polar surface area (TPSA) is 99.5 Å². The molecule has 2 aromatic heterocycles. The fourth-order valence-corrected chi connectivity index (χ4v) is 2.74. The van der Waals surface area contributed by atoms with E-state index in [1.165, 1.54) is 19.3 Å². The monoisotopic (exact) mass is 337 g/mol. The highest BCUT2D eigenvalue weighted by molar-refractivity contribution is 5.94. The minimum absolute atomic E-state index is 0.0257. The fraction of sp³-hybridized carbons (Fsp3) is 0.400. The van der Waals surface area contributed by atoms with Crippen LogP contribution < -0.4 is 5.73 Å². The van der Waals surface area contributed by atoms with Gasteiger partial charge in [-0.1, -0.05) is 31.4 Å². The Labute approximate surface area is 149 Å². The lowest BCUT2D eigenvalue weighted by Crippen LogP contribution is -2.13. The van der Waals surface area contributed by atoms with Crippen LogP contribution in [0.5, 0.6) is 0 Å². The minimum atomic E-state index is 0.0257. The SMILES string of the molecule is CC(=N)c1cccc(CCCCCCCc2cccc(C(=N)N)n2)n1. The number of aryl methyl sites for hydroxylation is 2. The molecule has 5 heteroatoms. The number of pyridine rings is 2. The summed E-state index contributed by atoms with van der Waals surface area (Å²) in [5.74, 6) is 0.0257. The third kappa shape index (κ3) is 6.45. The number of rotatable bonds is 10. The van der Waals surface area contributed by atoms with Crippen molar-refractivity contribution in [3.05, 3.63) is 59.2 Å². The van der Waals surface area contributed by atoms with Gasteiger partial charge in [0.15, 0.2) is 0 Å². The van der Waals surface area contributed by atoms with Gasteiger partial charge in [-0.2, -0.15) is 0 Å². The molecule has 0 aliphatic carbocycles. The van der Waals surface area contributed by atoms with Crippen LogP contribution in [0.15, 0.2) is 36.4 Å². The van der Waals surface area contributed by atoms with Crippen LogP contribution in [0, 0.1) is 10.8 Å². The number of hydrogen-bond acceptors (Lipinski definition) is 4. The van der Waals surface area contributed by atoms with E-state index < -0.39 is 0 Å². The van der Waals surface area contributed by atoms with Crippen molar-refractivity contribution in [3.8, 4) is 0 Å². The first kappa shape index (κ1) is 18.8. The zero-order chi connectivity index (χ0) is 18.1. The molecule has 0 spiro atoms. The molecule has 0 fully saturated rings. The third-order valence-corrected chi connectivity index (χ3v) is 4.14. The first-order chi connectivity index (χ1) is 12.1. The Kier molecular flexibility index (Phi) is 7.26. The van der Waals surface area contributed by atoms with Gasteiger partial charge < -0.3 is 11.1 Å². The van der Waals surface area contributed by atoms with Crippen LogP contribution in [0.25, 0.3) is 0 Å². The molecule has 2 rings (SSSR count). The van der Waals surface area contributed by atoms with Crippen molar-refractivity contribution in [2.75, 3.05) is 0 Å². The molecule has 0 amide bonds. The highest BCUT2D eigenvalue weighted by atomic mass is 14.8. The van der Waals surface area contributed by atoms with Gasteiger partial charge in [0.05, 0.1) is 11.4 Å². The Morgan fingerprint density at radius 3 is 1.80 bits per heavy atom. The average molecular weight is 337 g/mol. The molecule has 25 heavy (non-hydrogen) atoms. The molecular weight excluding hydrogens is 310 g/mol. The van der Waals surface area contributed by atoms with Crippen LogP contribution in [0.4, 0.5) is 0 Å². The smallest absolute Gasteiger partial charge is 0.141 e. The Bertz CT molecular complexity index is 662. The van der Waals surface area contributed by atoms with Gasteiger partial charge in [-0.25, -0.2) is 4.98 Å². The summed E-state index contributed by atoms with van der Waals surface area (Å²) in [6.45, 7) is 1.77. The number of amidine groups is 1. The number of unbranched alkanes of at least 4 members (excludes halogenated alkanes) is 4. The van der Waals surface area contributed by atoms with Crippen LogP contribution in [0.3, 0.4) is 0 Å². The Morgan fingerprint density at radius 1 is 0.800 bits per heavy atom. The van der Waals surface area contributed by atoms with E-state index >= 15 is 0 Å². The van der Waals surface area contributed by atoms with E-state index in [4.69, 9.17) is 16.6 Å². The van der Waals surface area contributed by atoms with Crippen LogP contribution >= 0.6 is 0 Å². The molecular formula is C20H27N5. The first-order valence-corrected chi connectivity index (χ1v) is 8.88. The minimum Gasteiger partial charge on any atom is -0.382 e. The second-order valence-corrected chi connectivity index (χ2v) is 6.33. The molecule has 2 aromatic rings. The molecule has 0 bridgehead atoms. The largest absolute Gasteiger partial charge is 0.382 e. The van der Waals surface area contributed by atoms with E-state index in [9.17, 15) is 0 Å². The molecule has 0 aliphatic rings. The lowest BCUT2D eigenvalue weighted by molar-refractivity contribution is 0.607. The van der Waals surface area contributed by atoms with Gasteiger partial charge in [0, 0.05) is 11.4 Å². The van der Waals surface area contributed by atoms with E-state index in [-0.39, 0.29) is 5.84 Å². The number of nitrogen functional groups attached to an aromatic ring is 1. The maximum atomic E-state index is 7.64. The molecule has 0 saturated carbocycles. The maximum absolute atomic E-state index is 7.64. The highest BCUT2D eigenvalue weighted by Crippen LogP contribution is 2.11. The fourth-order valence-electron chi connectivity index (χ4n) is 2.74. The number of aromatic nitrogens is 2. The van der Waals surface area contributed by atoms with Crippen LogP contribution in [-0.2, 0) is 12.8 Å². The summed E-state index contributed by atoms with van der Waals surface area (Å²) in [4.78, 5) is 8.90. The van der Waals surface area contributed by atoms with Gasteiger partial charge in [-0.15, -0.1) is 0 Å². The van der Waals surface area contributed by atoms with Crippen molar-refractivity contribution in [2.24, 2.45) is 5.73 Å². The van der Waals surface area contributed by atoms with E-state index in [0.29, 0.717) is 11.4 Å². The van der Waals surface area contributed by atoms with Gasteiger partial charge in [0.1, 0.15) is 11.5 Å². The van der Waals surface area contributed by atoms with E-state index in [1.807, 2.05) is 30.3 Å². The Hall–Kier alpha value is -2.56. The Morgan fingerprint density at radius 2 is 1.28 bits per heavy atom. The summed E-state index contributed by atoms with van der Waals surface area (Å²) in [5, 5.41) is 15.1. The molecule has 5 nitrogen and oxygen atoms in total. The standard InChI is InChI=1S/C20H27N5/c1-15(21)18-13-7-11-16(24-18)9-5-3-2-4-6-10-17-12-8-14-19(25-17)20(22)23/h7-8,11-14,21H,2-6,9-10H2,1H3,(H3,22,23). The predicted octanol–water partition coefficient (Wildman–Crippen LogP) is 3.88. The van der Waals surface area contributed by atoms with Crippen molar-refractivity contribution in [3.63, 3.8) is 0 Å². The molecule has 0 saturated heterocycles. The molecule has 0 aliphatic heterocycles. The summed E-state index contributed by atoms with van der Waals surface area (Å²) < 4.78 is 0. The summed E-state index contributed by atoms with van der Waals surface area (Å²) in [7, 11) is 0. The van der Waals surface area contributed by atoms with Crippen molar-refractivity contribution < 1.29 is 0 Å². The zero-order valence-corrected chi connectivity index (χ0v) is 14.9. The maximum Gasteiger partial charge on any atom is 0.141 e. The lowest BCUT2D eigenvalue weighted by atomic mass is 10.1. The molecule has 0 radical (unpaired) electrons. The summed E-state index contributed by atoms with van der Waals surface area (Å²) in [6, 6.07) is 11.6. The molecule has 4 N–H and O–H groups in total. The second kappa shape index (κ2) is 9.67. The van der Waals surface area contributed by atoms with Gasteiger partial charge in [-0.3, -0.25) is 10.4 Å². The van der Waals surface area contributed by atoms with Gasteiger partial charge in [-0.05, 0) is 56.9 Å². The van der Waals surface area contributed by atoms with Crippen molar-refractivity contribution in [1.29, 1.82) is 10.8 Å². The summed E-state index contributed by atoms with van der Waals surface area (Å²) in [6.07, 6.45) is 7.72. The van der Waals surface area contributed by atoms with E-state index in [1.54, 1.807) is 13.0 Å². The lowest BCUT2D eigenvalue weighted by Gasteiger charge is -2.05. The normalized spacial score (nSPS) is 10.6. The van der Waals surface area contributed by atoms with Gasteiger partial charge in [0.25, 0.3) is 0 Å². The molecule has 0 unspecified atom stereocenters. The average Bonchev–Trinajstić information content (AvgIpc) is 2.61. The van der Waals surface area contributed by atoms with Crippen molar-refractivity contribution >= 4 is 11.5 Å². The molecule has 2 heterocycles. The molecule has 132 valence electrons. The molecule has 0 atom stereocenters. The van der Waals surface area contributed by atoms with Crippen LogP contribution in [0.1, 0.15) is 61.8 Å². The summed E-state index contributed by atoms with van der Waals surface area (Å²) >= 11 is 0. The summed E-state index contributed by atoms with van der Waals surface area (Å²) in [5.41, 5.74) is 9.41. The molecule has 0 aromatic carbocycles. The van der Waals surface area contributed by atoms with E-state index in [2.05, 4.69) is 9.97 Å². The number of hydrogen-bond donors (Lipinski definition) is 3.